The number of nitrogens with one attached hydrogen (secondary N) is 2. The lowest BCUT2D eigenvalue weighted by Crippen LogP contribution is -2.32. The van der Waals surface area contributed by atoms with E-state index in [1.54, 1.807) is 11.9 Å². The van der Waals surface area contributed by atoms with Crippen molar-refractivity contribution in [1.29, 1.82) is 0 Å². The zero-order chi connectivity index (χ0) is 19.1. The van der Waals surface area contributed by atoms with E-state index in [9.17, 15) is 18.4 Å². The number of hydrogen-bond acceptors (Lipinski definition) is 3. The van der Waals surface area contributed by atoms with Crippen LogP contribution in [0.5, 0.6) is 0 Å². The summed E-state index contributed by atoms with van der Waals surface area (Å²) in [6.07, 6.45) is 0.118. The van der Waals surface area contributed by atoms with Crippen LogP contribution in [0, 0.1) is 18.6 Å². The molecular weight excluding hydrogens is 340 g/mol. The van der Waals surface area contributed by atoms with Gasteiger partial charge in [-0.1, -0.05) is 17.7 Å². The third kappa shape index (κ3) is 6.25. The maximum Gasteiger partial charge on any atom is 0.238 e. The lowest BCUT2D eigenvalue weighted by molar-refractivity contribution is -0.119. The van der Waals surface area contributed by atoms with E-state index in [4.69, 9.17) is 0 Å². The van der Waals surface area contributed by atoms with E-state index in [1.807, 2.05) is 31.2 Å². The monoisotopic (exact) mass is 361 g/mol. The molecule has 138 valence electrons. The Morgan fingerprint density at radius 3 is 2.19 bits per heavy atom. The van der Waals surface area contributed by atoms with E-state index in [0.717, 1.165) is 17.7 Å². The Balaban J connectivity index is 1.74. The van der Waals surface area contributed by atoms with Gasteiger partial charge in [0, 0.05) is 30.4 Å². The molecule has 0 saturated heterocycles. The van der Waals surface area contributed by atoms with Crippen LogP contribution in [0.3, 0.4) is 0 Å². The molecule has 0 saturated carbocycles. The van der Waals surface area contributed by atoms with E-state index in [2.05, 4.69) is 10.6 Å². The first-order chi connectivity index (χ1) is 12.3. The van der Waals surface area contributed by atoms with E-state index in [-0.39, 0.29) is 30.5 Å². The largest absolute Gasteiger partial charge is 0.326 e. The van der Waals surface area contributed by atoms with Crippen molar-refractivity contribution in [3.8, 4) is 0 Å². The van der Waals surface area contributed by atoms with Crippen LogP contribution in [0.25, 0.3) is 0 Å². The molecule has 0 heterocycles. The fourth-order valence-corrected chi connectivity index (χ4v) is 2.25. The van der Waals surface area contributed by atoms with Crippen LogP contribution in [0.4, 0.5) is 20.2 Å². The van der Waals surface area contributed by atoms with Crippen molar-refractivity contribution in [2.24, 2.45) is 0 Å². The quantitative estimate of drug-likeness (QED) is 0.796. The topological polar surface area (TPSA) is 61.4 Å². The van der Waals surface area contributed by atoms with Crippen LogP contribution in [-0.2, 0) is 9.59 Å². The summed E-state index contributed by atoms with van der Waals surface area (Å²) in [5, 5.41) is 5.27. The molecule has 0 atom stereocenters. The second-order valence-corrected chi connectivity index (χ2v) is 6.08. The van der Waals surface area contributed by atoms with Crippen LogP contribution in [0.15, 0.2) is 42.5 Å². The van der Waals surface area contributed by atoms with Crippen LogP contribution in [-0.4, -0.2) is 36.9 Å². The predicted octanol–water partition coefficient (Wildman–Crippen LogP) is 3.17. The first-order valence-electron chi connectivity index (χ1n) is 8.13. The summed E-state index contributed by atoms with van der Waals surface area (Å²) in [4.78, 5) is 25.6. The third-order valence-electron chi connectivity index (χ3n) is 3.67. The van der Waals surface area contributed by atoms with Gasteiger partial charge in [0.1, 0.15) is 0 Å². The molecule has 2 aromatic rings. The number of rotatable bonds is 7. The van der Waals surface area contributed by atoms with Gasteiger partial charge in [-0.15, -0.1) is 0 Å². The van der Waals surface area contributed by atoms with E-state index in [0.29, 0.717) is 12.2 Å². The van der Waals surface area contributed by atoms with Gasteiger partial charge in [0.2, 0.25) is 11.8 Å². The Hall–Kier alpha value is -2.80. The molecule has 0 aliphatic rings. The molecule has 0 bridgehead atoms. The van der Waals surface area contributed by atoms with Gasteiger partial charge in [-0.05, 0) is 38.2 Å². The number of hydrogen-bond donors (Lipinski definition) is 2. The Kier molecular flexibility index (Phi) is 6.80. The molecular formula is C19H21F2N3O2. The second kappa shape index (κ2) is 9.05. The van der Waals surface area contributed by atoms with Gasteiger partial charge >= 0.3 is 0 Å². The molecule has 0 spiro atoms. The minimum absolute atomic E-state index is 0.118. The molecule has 7 heteroatoms. The summed E-state index contributed by atoms with van der Waals surface area (Å²) in [6.45, 7) is 2.44. The highest BCUT2D eigenvalue weighted by Crippen LogP contribution is 2.13. The molecule has 2 amide bonds. The predicted molar refractivity (Wildman–Crippen MR) is 96.9 cm³/mol. The molecule has 0 aliphatic heterocycles. The summed E-state index contributed by atoms with van der Waals surface area (Å²) < 4.78 is 26.0. The minimum Gasteiger partial charge on any atom is -0.326 e. The van der Waals surface area contributed by atoms with Gasteiger partial charge in [-0.2, -0.15) is 0 Å². The standard InChI is InChI=1S/C19H21F2N3O2/c1-13-3-5-14(6-4-13)22-19(26)12-24(2)10-9-18(25)23-15-7-8-16(20)17(21)11-15/h3-8,11H,9-10,12H2,1-2H3,(H,22,26)(H,23,25). The zero-order valence-corrected chi connectivity index (χ0v) is 14.7. The van der Waals surface area contributed by atoms with Crippen molar-refractivity contribution < 1.29 is 18.4 Å². The molecule has 5 nitrogen and oxygen atoms in total. The molecule has 0 radical (unpaired) electrons. The van der Waals surface area contributed by atoms with Gasteiger partial charge in [-0.25, -0.2) is 8.78 Å². The third-order valence-corrected chi connectivity index (χ3v) is 3.67. The SMILES string of the molecule is Cc1ccc(NC(=O)CN(C)CCC(=O)Nc2ccc(F)c(F)c2)cc1. The fraction of sp³-hybridized carbons (Fsp3) is 0.263. The van der Waals surface area contributed by atoms with E-state index < -0.39 is 11.6 Å². The summed E-state index contributed by atoms with van der Waals surface area (Å²) in [7, 11) is 1.72. The minimum atomic E-state index is -1.02. The smallest absolute Gasteiger partial charge is 0.238 e. The number of aryl methyl sites for hydroxylation is 1. The van der Waals surface area contributed by atoms with Gasteiger partial charge in [0.15, 0.2) is 11.6 Å². The van der Waals surface area contributed by atoms with Gasteiger partial charge in [0.05, 0.1) is 6.54 Å². The Bertz CT molecular complexity index is 779. The van der Waals surface area contributed by atoms with E-state index >= 15 is 0 Å². The summed E-state index contributed by atoms with van der Waals surface area (Å²) >= 11 is 0. The van der Waals surface area contributed by atoms with Crippen molar-refractivity contribution in [2.75, 3.05) is 30.8 Å². The number of amides is 2. The average Bonchev–Trinajstić information content (AvgIpc) is 2.58. The molecule has 2 N–H and O–H groups in total. The summed E-state index contributed by atoms with van der Waals surface area (Å²) in [5.74, 6) is -2.52. The molecule has 0 aliphatic carbocycles. The Labute approximate surface area is 151 Å². The first-order valence-corrected chi connectivity index (χ1v) is 8.13. The number of benzene rings is 2. The van der Waals surface area contributed by atoms with Crippen molar-refractivity contribution in [2.45, 2.75) is 13.3 Å². The Morgan fingerprint density at radius 2 is 1.54 bits per heavy atom. The van der Waals surface area contributed by atoms with E-state index in [1.165, 1.54) is 6.07 Å². The van der Waals surface area contributed by atoms with Crippen LogP contribution in [0.1, 0.15) is 12.0 Å². The average molecular weight is 361 g/mol. The highest BCUT2D eigenvalue weighted by molar-refractivity contribution is 5.92. The molecule has 2 rings (SSSR count). The number of anilines is 2. The van der Waals surface area contributed by atoms with Crippen LogP contribution in [0.2, 0.25) is 0 Å². The van der Waals surface area contributed by atoms with Crippen molar-refractivity contribution in [3.63, 3.8) is 0 Å². The molecule has 0 aromatic heterocycles. The number of halogens is 2. The highest BCUT2D eigenvalue weighted by Gasteiger charge is 2.10. The van der Waals surface area contributed by atoms with Crippen LogP contribution < -0.4 is 10.6 Å². The summed E-state index contributed by atoms with van der Waals surface area (Å²) in [6, 6.07) is 10.6. The number of nitrogens with zero attached hydrogens (tertiary/aromatic N) is 1. The Morgan fingerprint density at radius 1 is 0.923 bits per heavy atom. The molecule has 0 fully saturated rings. The number of carbonyl (C=O) groups is 2. The van der Waals surface area contributed by atoms with Gasteiger partial charge in [0.25, 0.3) is 0 Å². The van der Waals surface area contributed by atoms with Crippen molar-refractivity contribution >= 4 is 23.2 Å². The van der Waals surface area contributed by atoms with Crippen LogP contribution >= 0.6 is 0 Å². The maximum atomic E-state index is 13.1. The van der Waals surface area contributed by atoms with Gasteiger partial charge < -0.3 is 10.6 Å². The number of likely N-dealkylation sites (N-methyl/N-ethyl adjacent to an activating group) is 1. The summed E-state index contributed by atoms with van der Waals surface area (Å²) in [5.41, 5.74) is 2.01. The maximum absolute atomic E-state index is 13.1. The molecule has 26 heavy (non-hydrogen) atoms. The fourth-order valence-electron chi connectivity index (χ4n) is 2.25. The molecule has 2 aromatic carbocycles. The first kappa shape index (κ1) is 19.5. The number of carbonyl (C=O) groups excluding carboxylic acids is 2. The van der Waals surface area contributed by atoms with Crippen molar-refractivity contribution in [3.05, 3.63) is 59.7 Å². The highest BCUT2D eigenvalue weighted by atomic mass is 19.2. The zero-order valence-electron chi connectivity index (χ0n) is 14.7. The van der Waals surface area contributed by atoms with Gasteiger partial charge in [-0.3, -0.25) is 14.5 Å². The molecule has 0 unspecified atom stereocenters. The van der Waals surface area contributed by atoms with Crippen molar-refractivity contribution in [1.82, 2.24) is 4.90 Å². The normalized spacial score (nSPS) is 10.7. The second-order valence-electron chi connectivity index (χ2n) is 6.08. The lowest BCUT2D eigenvalue weighted by Gasteiger charge is -2.16. The lowest BCUT2D eigenvalue weighted by atomic mass is 10.2.